The maximum absolute atomic E-state index is 10.6. The zero-order valence-corrected chi connectivity index (χ0v) is 8.76. The van der Waals surface area contributed by atoms with E-state index in [9.17, 15) is 4.79 Å². The SMILES string of the molecule is O=C(I)Cn1nc(Cl)nc1Cl. The molecule has 1 aromatic heterocycles. The number of carbonyl (C=O) groups excluding carboxylic acids is 1. The predicted molar refractivity (Wildman–Crippen MR) is 49.1 cm³/mol. The van der Waals surface area contributed by atoms with Crippen LogP contribution in [0.2, 0.25) is 10.6 Å². The van der Waals surface area contributed by atoms with E-state index in [-0.39, 0.29) is 20.9 Å². The molecule has 0 bridgehead atoms. The van der Waals surface area contributed by atoms with E-state index in [0.29, 0.717) is 0 Å². The Morgan fingerprint density at radius 3 is 2.64 bits per heavy atom. The first kappa shape index (κ1) is 9.21. The molecule has 0 aromatic carbocycles. The molecule has 1 rings (SSSR count). The number of nitrogens with zero attached hydrogens (tertiary/aromatic N) is 3. The Bertz CT molecular complexity index is 287. The third kappa shape index (κ3) is 2.57. The molecular weight excluding hydrogens is 304 g/mol. The van der Waals surface area contributed by atoms with Crippen molar-refractivity contribution in [2.75, 3.05) is 0 Å². The van der Waals surface area contributed by atoms with E-state index in [2.05, 4.69) is 10.1 Å². The van der Waals surface area contributed by atoms with Gasteiger partial charge in [0.15, 0.2) is 0 Å². The van der Waals surface area contributed by atoms with E-state index in [1.54, 1.807) is 22.6 Å². The van der Waals surface area contributed by atoms with Crippen LogP contribution in [0.1, 0.15) is 0 Å². The maximum atomic E-state index is 10.6. The fourth-order valence-electron chi connectivity index (χ4n) is 0.515. The van der Waals surface area contributed by atoms with Crippen LogP contribution in [0.3, 0.4) is 0 Å². The molecule has 0 saturated heterocycles. The highest BCUT2D eigenvalue weighted by atomic mass is 127. The quantitative estimate of drug-likeness (QED) is 0.615. The first-order valence-corrected chi connectivity index (χ1v) is 4.37. The summed E-state index contributed by atoms with van der Waals surface area (Å²) in [5.41, 5.74) is 0. The molecule has 60 valence electrons. The molecule has 1 heterocycles. The Kier molecular flexibility index (Phi) is 3.08. The van der Waals surface area contributed by atoms with Crippen molar-refractivity contribution in [3.05, 3.63) is 10.6 Å². The van der Waals surface area contributed by atoms with E-state index in [1.807, 2.05) is 0 Å². The zero-order chi connectivity index (χ0) is 8.43. The van der Waals surface area contributed by atoms with Crippen LogP contribution >= 0.6 is 45.8 Å². The van der Waals surface area contributed by atoms with Crippen LogP contribution in [-0.2, 0) is 11.3 Å². The fourth-order valence-corrected chi connectivity index (χ4v) is 1.23. The lowest BCUT2D eigenvalue weighted by Crippen LogP contribution is -2.05. The van der Waals surface area contributed by atoms with Crippen molar-refractivity contribution < 1.29 is 4.79 Å². The van der Waals surface area contributed by atoms with E-state index < -0.39 is 0 Å². The number of hydrogen-bond donors (Lipinski definition) is 0. The molecule has 0 aliphatic heterocycles. The topological polar surface area (TPSA) is 47.8 Å². The van der Waals surface area contributed by atoms with Crippen LogP contribution in [0.5, 0.6) is 0 Å². The molecule has 0 aliphatic rings. The normalized spacial score (nSPS) is 10.1. The van der Waals surface area contributed by atoms with E-state index in [1.165, 1.54) is 4.68 Å². The van der Waals surface area contributed by atoms with Gasteiger partial charge in [-0.05, 0) is 23.2 Å². The minimum atomic E-state index is -0.0777. The predicted octanol–water partition coefficient (Wildman–Crippen LogP) is 1.55. The molecule has 4 nitrogen and oxygen atoms in total. The number of rotatable bonds is 2. The summed E-state index contributed by atoms with van der Waals surface area (Å²) in [5, 5.41) is 3.84. The van der Waals surface area contributed by atoms with Gasteiger partial charge in [-0.1, -0.05) is 0 Å². The highest BCUT2D eigenvalue weighted by Crippen LogP contribution is 2.09. The summed E-state index contributed by atoms with van der Waals surface area (Å²) in [5.74, 6) is 0. The summed E-state index contributed by atoms with van der Waals surface area (Å²) >= 11 is 12.6. The Balaban J connectivity index is 2.85. The van der Waals surface area contributed by atoms with Gasteiger partial charge < -0.3 is 0 Å². The second kappa shape index (κ2) is 3.68. The van der Waals surface area contributed by atoms with Crippen molar-refractivity contribution in [1.82, 2.24) is 14.8 Å². The van der Waals surface area contributed by atoms with Gasteiger partial charge in [0, 0.05) is 22.6 Å². The van der Waals surface area contributed by atoms with Crippen LogP contribution in [0.15, 0.2) is 0 Å². The summed E-state index contributed by atoms with van der Waals surface area (Å²) in [4.78, 5) is 14.2. The lowest BCUT2D eigenvalue weighted by atomic mass is 10.7. The van der Waals surface area contributed by atoms with Gasteiger partial charge in [0.05, 0.1) is 0 Å². The molecule has 0 amide bonds. The third-order valence-corrected chi connectivity index (χ3v) is 1.66. The van der Waals surface area contributed by atoms with Gasteiger partial charge in [-0.2, -0.15) is 4.98 Å². The van der Waals surface area contributed by atoms with Crippen molar-refractivity contribution in [3.63, 3.8) is 0 Å². The molecule has 0 unspecified atom stereocenters. The summed E-state index contributed by atoms with van der Waals surface area (Å²) in [6.45, 7) is 0.0963. The summed E-state index contributed by atoms with van der Waals surface area (Å²) in [6, 6.07) is 0. The van der Waals surface area contributed by atoms with Crippen molar-refractivity contribution in [2.24, 2.45) is 0 Å². The van der Waals surface area contributed by atoms with Crippen molar-refractivity contribution in [3.8, 4) is 0 Å². The Labute approximate surface area is 86.0 Å². The van der Waals surface area contributed by atoms with Crippen LogP contribution in [-0.4, -0.2) is 18.6 Å². The highest BCUT2D eigenvalue weighted by molar-refractivity contribution is 14.1. The molecular formula is C4H2Cl2IN3O. The minimum absolute atomic E-state index is 0.0488. The largest absolute Gasteiger partial charge is 0.286 e. The van der Waals surface area contributed by atoms with Gasteiger partial charge >= 0.3 is 0 Å². The second-order valence-corrected chi connectivity index (χ2v) is 3.54. The average Bonchev–Trinajstić information content (AvgIpc) is 2.09. The molecule has 0 aliphatic carbocycles. The van der Waals surface area contributed by atoms with Crippen molar-refractivity contribution >= 4 is 49.6 Å². The Morgan fingerprint density at radius 2 is 2.27 bits per heavy atom. The molecule has 0 N–H and O–H groups in total. The third-order valence-electron chi connectivity index (χ3n) is 0.875. The molecule has 0 spiro atoms. The highest BCUT2D eigenvalue weighted by Gasteiger charge is 2.07. The average molecular weight is 306 g/mol. The van der Waals surface area contributed by atoms with Gasteiger partial charge in [-0.15, -0.1) is 5.10 Å². The van der Waals surface area contributed by atoms with Crippen LogP contribution in [0, 0.1) is 0 Å². The number of aromatic nitrogens is 3. The van der Waals surface area contributed by atoms with Gasteiger partial charge in [-0.3, -0.25) is 4.79 Å². The van der Waals surface area contributed by atoms with Gasteiger partial charge in [-0.25, -0.2) is 4.68 Å². The first-order chi connectivity index (χ1) is 5.09. The summed E-state index contributed by atoms with van der Waals surface area (Å²) in [7, 11) is 0. The maximum Gasteiger partial charge on any atom is 0.243 e. The first-order valence-electron chi connectivity index (χ1n) is 2.54. The number of halogens is 3. The van der Waals surface area contributed by atoms with Gasteiger partial charge in [0.2, 0.25) is 14.4 Å². The lowest BCUT2D eigenvalue weighted by molar-refractivity contribution is -0.110. The van der Waals surface area contributed by atoms with Crippen molar-refractivity contribution in [1.29, 1.82) is 0 Å². The molecule has 0 radical (unpaired) electrons. The molecule has 0 atom stereocenters. The molecule has 1 aromatic rings. The van der Waals surface area contributed by atoms with Gasteiger partial charge in [0.25, 0.3) is 0 Å². The smallest absolute Gasteiger partial charge is 0.243 e. The summed E-state index contributed by atoms with van der Waals surface area (Å²) in [6.07, 6.45) is 0. The fraction of sp³-hybridized carbons (Fsp3) is 0.250. The molecule has 7 heteroatoms. The van der Waals surface area contributed by atoms with Crippen LogP contribution in [0.25, 0.3) is 0 Å². The zero-order valence-electron chi connectivity index (χ0n) is 5.09. The molecule has 0 fully saturated rings. The van der Waals surface area contributed by atoms with E-state index in [4.69, 9.17) is 23.2 Å². The van der Waals surface area contributed by atoms with Gasteiger partial charge in [0.1, 0.15) is 6.54 Å². The second-order valence-electron chi connectivity index (χ2n) is 1.66. The monoisotopic (exact) mass is 305 g/mol. The van der Waals surface area contributed by atoms with Crippen LogP contribution in [0.4, 0.5) is 0 Å². The molecule has 0 saturated carbocycles. The standard InChI is InChI=1S/C4H2Cl2IN3O/c5-3-8-4(6)10(9-3)1-2(7)11/h1H2. The Hall–Kier alpha value is 0.120. The number of carbonyl (C=O) groups is 1. The lowest BCUT2D eigenvalue weighted by Gasteiger charge is -1.93. The van der Waals surface area contributed by atoms with Crippen LogP contribution < -0.4 is 0 Å². The van der Waals surface area contributed by atoms with Crippen molar-refractivity contribution in [2.45, 2.75) is 6.54 Å². The molecule has 11 heavy (non-hydrogen) atoms. The number of hydrogen-bond acceptors (Lipinski definition) is 3. The van der Waals surface area contributed by atoms with E-state index in [0.717, 1.165) is 0 Å². The summed E-state index contributed by atoms with van der Waals surface area (Å²) < 4.78 is 1.16. The minimum Gasteiger partial charge on any atom is -0.286 e. The Morgan fingerprint density at radius 1 is 1.64 bits per heavy atom. The van der Waals surface area contributed by atoms with E-state index >= 15 is 0 Å².